The Hall–Kier alpha value is -0.450. The zero-order valence-electron chi connectivity index (χ0n) is 10.3. The first-order chi connectivity index (χ1) is 8.28. The van der Waals surface area contributed by atoms with E-state index in [9.17, 15) is 5.11 Å². The van der Waals surface area contributed by atoms with Crippen molar-refractivity contribution in [3.63, 3.8) is 0 Å². The van der Waals surface area contributed by atoms with Crippen LogP contribution in [0.15, 0.2) is 16.5 Å². The molecule has 0 aliphatic heterocycles. The summed E-state index contributed by atoms with van der Waals surface area (Å²) < 4.78 is 5.70. The number of hydrogen-bond acceptors (Lipinski definition) is 4. The molecule has 2 rings (SSSR count). The maximum Gasteiger partial charge on any atom is 0.118 e. The molecule has 0 saturated heterocycles. The molecule has 4 heteroatoms. The van der Waals surface area contributed by atoms with Crippen LogP contribution in [0.2, 0.25) is 0 Å². The van der Waals surface area contributed by atoms with Crippen LogP contribution in [0.4, 0.5) is 0 Å². The molecule has 96 valence electrons. The number of aliphatic hydroxyl groups excluding tert-OH is 1. The summed E-state index contributed by atoms with van der Waals surface area (Å²) in [6, 6.07) is 4.52. The second kappa shape index (κ2) is 6.47. The van der Waals surface area contributed by atoms with E-state index in [1.807, 2.05) is 12.1 Å². The molecule has 1 heterocycles. The van der Waals surface area contributed by atoms with Gasteiger partial charge < -0.3 is 14.8 Å². The second-order valence-electron chi connectivity index (χ2n) is 4.70. The van der Waals surface area contributed by atoms with Gasteiger partial charge in [0.05, 0.1) is 18.4 Å². The van der Waals surface area contributed by atoms with E-state index in [2.05, 4.69) is 11.6 Å². The number of thioether (sulfide) groups is 1. The topological polar surface area (TPSA) is 45.4 Å². The minimum absolute atomic E-state index is 0.120. The number of furan rings is 1. The van der Waals surface area contributed by atoms with Gasteiger partial charge in [-0.05, 0) is 44.1 Å². The van der Waals surface area contributed by atoms with Gasteiger partial charge in [-0.1, -0.05) is 0 Å². The van der Waals surface area contributed by atoms with Gasteiger partial charge in [-0.25, -0.2) is 0 Å². The minimum Gasteiger partial charge on any atom is -0.464 e. The Bertz CT molecular complexity index is 340. The molecule has 1 fully saturated rings. The fourth-order valence-corrected chi connectivity index (χ4v) is 2.77. The van der Waals surface area contributed by atoms with E-state index in [0.29, 0.717) is 6.04 Å². The van der Waals surface area contributed by atoms with Crippen LogP contribution in [0.1, 0.15) is 37.2 Å². The van der Waals surface area contributed by atoms with Crippen LogP contribution in [0.25, 0.3) is 0 Å². The lowest BCUT2D eigenvalue weighted by Gasteiger charge is -2.26. The van der Waals surface area contributed by atoms with Crippen molar-refractivity contribution >= 4 is 11.8 Å². The van der Waals surface area contributed by atoms with E-state index in [4.69, 9.17) is 4.42 Å². The van der Waals surface area contributed by atoms with Gasteiger partial charge in [0.15, 0.2) is 0 Å². The summed E-state index contributed by atoms with van der Waals surface area (Å²) in [4.78, 5) is 0. The van der Waals surface area contributed by atoms with Crippen molar-refractivity contribution in [2.24, 2.45) is 0 Å². The summed E-state index contributed by atoms with van der Waals surface area (Å²) in [6.07, 6.45) is 6.06. The Labute approximate surface area is 107 Å². The van der Waals surface area contributed by atoms with E-state index in [-0.39, 0.29) is 6.10 Å². The molecule has 1 aromatic rings. The molecule has 1 aliphatic rings. The maximum atomic E-state index is 9.58. The average Bonchev–Trinajstić information content (AvgIpc) is 2.75. The lowest BCUT2D eigenvalue weighted by Crippen LogP contribution is -2.35. The van der Waals surface area contributed by atoms with Crippen molar-refractivity contribution in [3.05, 3.63) is 23.7 Å². The average molecular weight is 255 g/mol. The SMILES string of the molecule is CSCc1ccc(CNC2CCCC(O)C2)o1. The fourth-order valence-electron chi connectivity index (χ4n) is 2.33. The molecule has 2 N–H and O–H groups in total. The number of rotatable bonds is 5. The number of hydrogen-bond donors (Lipinski definition) is 2. The van der Waals surface area contributed by atoms with E-state index in [0.717, 1.165) is 49.5 Å². The van der Waals surface area contributed by atoms with Gasteiger partial charge in [0.25, 0.3) is 0 Å². The van der Waals surface area contributed by atoms with Crippen LogP contribution in [-0.2, 0) is 12.3 Å². The predicted molar refractivity (Wildman–Crippen MR) is 71.0 cm³/mol. The summed E-state index contributed by atoms with van der Waals surface area (Å²) in [6.45, 7) is 0.770. The highest BCUT2D eigenvalue weighted by atomic mass is 32.2. The molecule has 1 aromatic heterocycles. The fraction of sp³-hybridized carbons (Fsp3) is 0.692. The second-order valence-corrected chi connectivity index (χ2v) is 5.57. The third-order valence-corrected chi connectivity index (χ3v) is 3.79. The van der Waals surface area contributed by atoms with Crippen molar-refractivity contribution in [2.45, 2.75) is 50.1 Å². The van der Waals surface area contributed by atoms with Gasteiger partial charge in [0.2, 0.25) is 0 Å². The van der Waals surface area contributed by atoms with Crippen molar-refractivity contribution in [1.82, 2.24) is 5.32 Å². The molecule has 2 atom stereocenters. The van der Waals surface area contributed by atoms with Gasteiger partial charge in [0, 0.05) is 6.04 Å². The largest absolute Gasteiger partial charge is 0.464 e. The first-order valence-electron chi connectivity index (χ1n) is 6.26. The van der Waals surface area contributed by atoms with E-state index in [1.165, 1.54) is 0 Å². The normalized spacial score (nSPS) is 25.1. The van der Waals surface area contributed by atoms with Gasteiger partial charge in [-0.3, -0.25) is 0 Å². The molecule has 2 unspecified atom stereocenters. The Balaban J connectivity index is 1.76. The molecule has 0 amide bonds. The number of nitrogens with one attached hydrogen (secondary N) is 1. The monoisotopic (exact) mass is 255 g/mol. The first kappa shape index (κ1) is 13.0. The molecule has 3 nitrogen and oxygen atoms in total. The summed E-state index contributed by atoms with van der Waals surface area (Å²) >= 11 is 1.77. The Morgan fingerprint density at radius 3 is 3.00 bits per heavy atom. The summed E-state index contributed by atoms with van der Waals surface area (Å²) in [5, 5.41) is 13.0. The van der Waals surface area contributed by atoms with Crippen molar-refractivity contribution in [1.29, 1.82) is 0 Å². The van der Waals surface area contributed by atoms with Gasteiger partial charge in [-0.2, -0.15) is 11.8 Å². The Morgan fingerprint density at radius 2 is 2.24 bits per heavy atom. The van der Waals surface area contributed by atoms with Crippen LogP contribution in [-0.4, -0.2) is 23.5 Å². The zero-order valence-corrected chi connectivity index (χ0v) is 11.1. The smallest absolute Gasteiger partial charge is 0.118 e. The first-order valence-corrected chi connectivity index (χ1v) is 7.65. The summed E-state index contributed by atoms with van der Waals surface area (Å²) in [5.74, 6) is 2.97. The van der Waals surface area contributed by atoms with Crippen LogP contribution in [0.5, 0.6) is 0 Å². The Morgan fingerprint density at radius 1 is 1.41 bits per heavy atom. The zero-order chi connectivity index (χ0) is 12.1. The van der Waals surface area contributed by atoms with E-state index < -0.39 is 0 Å². The lowest BCUT2D eigenvalue weighted by molar-refractivity contribution is 0.111. The highest BCUT2D eigenvalue weighted by molar-refractivity contribution is 7.97. The minimum atomic E-state index is -0.120. The standard InChI is InChI=1S/C13H21NO2S/c1-17-9-13-6-5-12(16-13)8-14-10-3-2-4-11(15)7-10/h5-6,10-11,14-15H,2-4,7-9H2,1H3. The van der Waals surface area contributed by atoms with Gasteiger partial charge in [0.1, 0.15) is 11.5 Å². The van der Waals surface area contributed by atoms with Crippen LogP contribution in [0.3, 0.4) is 0 Å². The highest BCUT2D eigenvalue weighted by Gasteiger charge is 2.19. The predicted octanol–water partition coefficient (Wildman–Crippen LogP) is 2.54. The van der Waals surface area contributed by atoms with Crippen molar-refractivity contribution in [2.75, 3.05) is 6.26 Å². The summed E-state index contributed by atoms with van der Waals surface area (Å²) in [5.41, 5.74) is 0. The van der Waals surface area contributed by atoms with E-state index >= 15 is 0 Å². The highest BCUT2D eigenvalue weighted by Crippen LogP contribution is 2.19. The van der Waals surface area contributed by atoms with Crippen LogP contribution < -0.4 is 5.32 Å². The van der Waals surface area contributed by atoms with Gasteiger partial charge >= 0.3 is 0 Å². The molecule has 17 heavy (non-hydrogen) atoms. The van der Waals surface area contributed by atoms with Gasteiger partial charge in [-0.15, -0.1) is 0 Å². The molecule has 0 radical (unpaired) electrons. The van der Waals surface area contributed by atoms with Crippen molar-refractivity contribution in [3.8, 4) is 0 Å². The summed E-state index contributed by atoms with van der Waals surface area (Å²) in [7, 11) is 0. The Kier molecular flexibility index (Phi) is 4.95. The molecular formula is C13H21NO2S. The van der Waals surface area contributed by atoms with Crippen LogP contribution in [0, 0.1) is 0 Å². The quantitative estimate of drug-likeness (QED) is 0.848. The van der Waals surface area contributed by atoms with E-state index in [1.54, 1.807) is 11.8 Å². The third kappa shape index (κ3) is 4.05. The van der Waals surface area contributed by atoms with Crippen LogP contribution >= 0.6 is 11.8 Å². The van der Waals surface area contributed by atoms with Crippen molar-refractivity contribution < 1.29 is 9.52 Å². The molecule has 0 bridgehead atoms. The number of aliphatic hydroxyl groups is 1. The maximum absolute atomic E-state index is 9.58. The lowest BCUT2D eigenvalue weighted by atomic mass is 9.93. The molecule has 1 aliphatic carbocycles. The molecule has 0 spiro atoms. The third-order valence-electron chi connectivity index (χ3n) is 3.22. The molecule has 0 aromatic carbocycles. The molecular weight excluding hydrogens is 234 g/mol. The molecule has 1 saturated carbocycles.